The van der Waals surface area contributed by atoms with E-state index in [1.165, 1.54) is 11.1 Å². The van der Waals surface area contributed by atoms with Crippen LogP contribution in [0.2, 0.25) is 0 Å². The fraction of sp³-hybridized carbons (Fsp3) is 0.269. The Morgan fingerprint density at radius 3 is 2.72 bits per heavy atom. The molecule has 2 aromatic carbocycles. The summed E-state index contributed by atoms with van der Waals surface area (Å²) in [6.07, 6.45) is 5.10. The molecule has 6 heteroatoms. The fourth-order valence-corrected chi connectivity index (χ4v) is 3.63. The molecule has 0 unspecified atom stereocenters. The molecule has 0 aliphatic heterocycles. The van der Waals surface area contributed by atoms with Gasteiger partial charge in [-0.1, -0.05) is 18.2 Å². The molecule has 0 saturated heterocycles. The zero-order chi connectivity index (χ0) is 22.3. The third kappa shape index (κ3) is 5.14. The number of unbranched alkanes of at least 4 members (excludes halogenated alkanes) is 1. The number of nitrogens with one attached hydrogen (secondary N) is 1. The van der Waals surface area contributed by atoms with Gasteiger partial charge in [0.2, 0.25) is 0 Å². The summed E-state index contributed by atoms with van der Waals surface area (Å²) in [4.78, 5) is 21.2. The molecule has 6 nitrogen and oxygen atoms in total. The van der Waals surface area contributed by atoms with Crippen molar-refractivity contribution in [2.45, 2.75) is 39.8 Å². The summed E-state index contributed by atoms with van der Waals surface area (Å²) in [5.74, 6) is 1.61. The van der Waals surface area contributed by atoms with Crippen LogP contribution in [-0.4, -0.2) is 27.0 Å². The smallest absolute Gasteiger partial charge is 0.253 e. The van der Waals surface area contributed by atoms with Crippen molar-refractivity contribution in [2.24, 2.45) is 0 Å². The predicted octanol–water partition coefficient (Wildman–Crippen LogP) is 4.84. The first kappa shape index (κ1) is 21.6. The van der Waals surface area contributed by atoms with Crippen molar-refractivity contribution in [2.75, 3.05) is 6.61 Å². The van der Waals surface area contributed by atoms with E-state index in [0.717, 1.165) is 42.0 Å². The van der Waals surface area contributed by atoms with Gasteiger partial charge >= 0.3 is 0 Å². The van der Waals surface area contributed by atoms with Gasteiger partial charge < -0.3 is 14.6 Å². The van der Waals surface area contributed by atoms with Crippen molar-refractivity contribution in [1.82, 2.24) is 19.9 Å². The lowest BCUT2D eigenvalue weighted by Gasteiger charge is -2.11. The van der Waals surface area contributed by atoms with E-state index in [4.69, 9.17) is 9.72 Å². The highest BCUT2D eigenvalue weighted by Gasteiger charge is 2.12. The molecule has 2 aromatic heterocycles. The van der Waals surface area contributed by atoms with Crippen molar-refractivity contribution in [3.8, 4) is 5.75 Å². The molecule has 4 aromatic rings. The van der Waals surface area contributed by atoms with E-state index in [9.17, 15) is 4.79 Å². The molecule has 164 valence electrons. The Kier molecular flexibility index (Phi) is 6.80. The Balaban J connectivity index is 1.36. The number of benzene rings is 2. The first-order valence-corrected chi connectivity index (χ1v) is 10.9. The first-order chi connectivity index (χ1) is 15.6. The van der Waals surface area contributed by atoms with E-state index in [1.807, 2.05) is 24.3 Å². The SMILES string of the molecule is Cc1ccc(OCCCCn2c(CNC(=O)c3cccnc3)nc3ccccc32)cc1C. The van der Waals surface area contributed by atoms with Crippen LogP contribution in [0, 0.1) is 13.8 Å². The molecule has 0 saturated carbocycles. The van der Waals surface area contributed by atoms with Crippen LogP contribution < -0.4 is 10.1 Å². The normalized spacial score (nSPS) is 10.9. The zero-order valence-electron chi connectivity index (χ0n) is 18.5. The van der Waals surface area contributed by atoms with Crippen LogP contribution >= 0.6 is 0 Å². The number of aromatic nitrogens is 3. The van der Waals surface area contributed by atoms with Gasteiger partial charge in [-0.3, -0.25) is 9.78 Å². The number of hydrogen-bond donors (Lipinski definition) is 1. The summed E-state index contributed by atoms with van der Waals surface area (Å²) in [7, 11) is 0. The number of para-hydroxylation sites is 2. The van der Waals surface area contributed by atoms with Crippen LogP contribution in [0.1, 0.15) is 40.2 Å². The van der Waals surface area contributed by atoms with Crippen LogP contribution in [0.25, 0.3) is 11.0 Å². The minimum absolute atomic E-state index is 0.154. The number of pyridine rings is 1. The first-order valence-electron chi connectivity index (χ1n) is 10.9. The minimum Gasteiger partial charge on any atom is -0.494 e. The summed E-state index contributed by atoms with van der Waals surface area (Å²) in [6.45, 7) is 6.05. The lowest BCUT2D eigenvalue weighted by molar-refractivity contribution is 0.0949. The Bertz CT molecular complexity index is 1200. The van der Waals surface area contributed by atoms with Crippen LogP contribution in [0.15, 0.2) is 67.0 Å². The molecular formula is C26H28N4O2. The number of aryl methyl sites for hydroxylation is 3. The molecule has 0 bridgehead atoms. The molecule has 0 aliphatic rings. The largest absolute Gasteiger partial charge is 0.494 e. The predicted molar refractivity (Wildman–Crippen MR) is 126 cm³/mol. The molecule has 0 atom stereocenters. The molecular weight excluding hydrogens is 400 g/mol. The Hall–Kier alpha value is -3.67. The van der Waals surface area contributed by atoms with Gasteiger partial charge in [0.25, 0.3) is 5.91 Å². The second-order valence-electron chi connectivity index (χ2n) is 7.89. The zero-order valence-corrected chi connectivity index (χ0v) is 18.5. The Morgan fingerprint density at radius 1 is 1.03 bits per heavy atom. The van der Waals surface area contributed by atoms with Gasteiger partial charge in [0.1, 0.15) is 11.6 Å². The standard InChI is InChI=1S/C26H28N4O2/c1-19-11-12-22(16-20(19)2)32-15-6-5-14-30-24-10-4-3-9-23(24)29-25(30)18-28-26(31)21-8-7-13-27-17-21/h3-4,7-13,16-17H,5-6,14-15,18H2,1-2H3,(H,28,31). The summed E-state index contributed by atoms with van der Waals surface area (Å²) in [5, 5.41) is 2.96. The van der Waals surface area contributed by atoms with Crippen LogP contribution in [-0.2, 0) is 13.1 Å². The van der Waals surface area contributed by atoms with Gasteiger partial charge in [-0.15, -0.1) is 0 Å². The maximum absolute atomic E-state index is 12.4. The number of carbonyl (C=O) groups excluding carboxylic acids is 1. The van der Waals surface area contributed by atoms with Gasteiger partial charge in [-0.05, 0) is 74.2 Å². The molecule has 0 radical (unpaired) electrons. The molecule has 0 spiro atoms. The van der Waals surface area contributed by atoms with Gasteiger partial charge in [-0.2, -0.15) is 0 Å². The van der Waals surface area contributed by atoms with Crippen molar-refractivity contribution in [3.05, 3.63) is 89.5 Å². The number of imidazole rings is 1. The summed E-state index contributed by atoms with van der Waals surface area (Å²) < 4.78 is 8.11. The second kappa shape index (κ2) is 10.1. The third-order valence-corrected chi connectivity index (χ3v) is 5.59. The highest BCUT2D eigenvalue weighted by atomic mass is 16.5. The second-order valence-corrected chi connectivity index (χ2v) is 7.89. The van der Waals surface area contributed by atoms with E-state index < -0.39 is 0 Å². The van der Waals surface area contributed by atoms with Crippen LogP contribution in [0.4, 0.5) is 0 Å². The number of rotatable bonds is 9. The summed E-state index contributed by atoms with van der Waals surface area (Å²) in [6, 6.07) is 17.8. The van der Waals surface area contributed by atoms with Crippen molar-refractivity contribution >= 4 is 16.9 Å². The van der Waals surface area contributed by atoms with E-state index in [1.54, 1.807) is 24.5 Å². The van der Waals surface area contributed by atoms with Crippen LogP contribution in [0.5, 0.6) is 5.75 Å². The highest BCUT2D eigenvalue weighted by molar-refractivity contribution is 5.93. The number of carbonyl (C=O) groups is 1. The molecule has 4 rings (SSSR count). The quantitative estimate of drug-likeness (QED) is 0.388. The average Bonchev–Trinajstić information content (AvgIpc) is 3.17. The van der Waals surface area contributed by atoms with E-state index in [-0.39, 0.29) is 5.91 Å². The van der Waals surface area contributed by atoms with Gasteiger partial charge in [0.05, 0.1) is 29.7 Å². The summed E-state index contributed by atoms with van der Waals surface area (Å²) in [5.41, 5.74) is 5.06. The van der Waals surface area contributed by atoms with Crippen LogP contribution in [0.3, 0.4) is 0 Å². The van der Waals surface area contributed by atoms with Crippen molar-refractivity contribution in [3.63, 3.8) is 0 Å². The average molecular weight is 429 g/mol. The highest BCUT2D eigenvalue weighted by Crippen LogP contribution is 2.19. The Labute approximate surface area is 188 Å². The molecule has 1 N–H and O–H groups in total. The molecule has 2 heterocycles. The van der Waals surface area contributed by atoms with Crippen molar-refractivity contribution in [1.29, 1.82) is 0 Å². The maximum Gasteiger partial charge on any atom is 0.253 e. The Morgan fingerprint density at radius 2 is 1.91 bits per heavy atom. The number of ether oxygens (including phenoxy) is 1. The number of amides is 1. The topological polar surface area (TPSA) is 69.0 Å². The maximum atomic E-state index is 12.4. The number of hydrogen-bond acceptors (Lipinski definition) is 4. The number of fused-ring (bicyclic) bond motifs is 1. The molecule has 32 heavy (non-hydrogen) atoms. The minimum atomic E-state index is -0.154. The lowest BCUT2D eigenvalue weighted by atomic mass is 10.1. The van der Waals surface area contributed by atoms with Crippen molar-refractivity contribution < 1.29 is 9.53 Å². The molecule has 0 fully saturated rings. The van der Waals surface area contributed by atoms with E-state index in [0.29, 0.717) is 18.7 Å². The lowest BCUT2D eigenvalue weighted by Crippen LogP contribution is -2.25. The van der Waals surface area contributed by atoms with Gasteiger partial charge in [0, 0.05) is 18.9 Å². The molecule has 1 amide bonds. The summed E-state index contributed by atoms with van der Waals surface area (Å²) >= 11 is 0. The number of nitrogens with zero attached hydrogens (tertiary/aromatic N) is 3. The monoisotopic (exact) mass is 428 g/mol. The van der Waals surface area contributed by atoms with Gasteiger partial charge in [0.15, 0.2) is 0 Å². The fourth-order valence-electron chi connectivity index (χ4n) is 3.63. The van der Waals surface area contributed by atoms with E-state index >= 15 is 0 Å². The molecule has 0 aliphatic carbocycles. The van der Waals surface area contributed by atoms with Gasteiger partial charge in [-0.25, -0.2) is 4.98 Å². The van der Waals surface area contributed by atoms with E-state index in [2.05, 4.69) is 46.9 Å². The third-order valence-electron chi connectivity index (χ3n) is 5.59.